The lowest BCUT2D eigenvalue weighted by Gasteiger charge is -2.08. The van der Waals surface area contributed by atoms with Gasteiger partial charge in [0, 0.05) is 12.2 Å². The minimum absolute atomic E-state index is 0.0134. The van der Waals surface area contributed by atoms with Gasteiger partial charge in [-0.15, -0.1) is 11.3 Å². The Kier molecular flexibility index (Phi) is 4.66. The van der Waals surface area contributed by atoms with Crippen LogP contribution in [0.15, 0.2) is 46.8 Å². The molecule has 0 amide bonds. The standard InChI is InChI=1S/C17H18FN3O2S2/c1-11(2)21-10-16(17(19-21)15-5-4-8-24-15)25(22,23)20-13-7-6-12(3)14(18)9-13/h4-11,20H,1-3H3. The minimum atomic E-state index is -3.91. The Hall–Kier alpha value is -2.19. The van der Waals surface area contributed by atoms with E-state index in [0.29, 0.717) is 11.3 Å². The quantitative estimate of drug-likeness (QED) is 0.713. The lowest BCUT2D eigenvalue weighted by atomic mass is 10.2. The molecule has 2 aromatic heterocycles. The maximum atomic E-state index is 13.7. The fraction of sp³-hybridized carbons (Fsp3) is 0.235. The third-order valence-corrected chi connectivity index (χ3v) is 5.95. The first kappa shape index (κ1) is 17.6. The molecule has 0 aliphatic carbocycles. The number of sulfonamides is 1. The number of aromatic nitrogens is 2. The van der Waals surface area contributed by atoms with E-state index in [1.165, 1.54) is 35.7 Å². The molecule has 3 rings (SSSR count). The summed E-state index contributed by atoms with van der Waals surface area (Å²) in [5.74, 6) is -0.462. The Morgan fingerprint density at radius 1 is 1.28 bits per heavy atom. The number of thiophene rings is 1. The first-order valence-electron chi connectivity index (χ1n) is 7.70. The van der Waals surface area contributed by atoms with Crippen molar-refractivity contribution in [3.63, 3.8) is 0 Å². The van der Waals surface area contributed by atoms with Crippen LogP contribution in [0.2, 0.25) is 0 Å². The highest BCUT2D eigenvalue weighted by Crippen LogP contribution is 2.31. The summed E-state index contributed by atoms with van der Waals surface area (Å²) in [6.45, 7) is 5.46. The van der Waals surface area contributed by atoms with Crippen LogP contribution in [-0.4, -0.2) is 18.2 Å². The van der Waals surface area contributed by atoms with Gasteiger partial charge in [0.25, 0.3) is 10.0 Å². The van der Waals surface area contributed by atoms with Crippen molar-refractivity contribution in [2.75, 3.05) is 4.72 Å². The van der Waals surface area contributed by atoms with Crippen molar-refractivity contribution in [3.05, 3.63) is 53.3 Å². The van der Waals surface area contributed by atoms with Crippen molar-refractivity contribution in [1.82, 2.24) is 9.78 Å². The van der Waals surface area contributed by atoms with Gasteiger partial charge in [0.1, 0.15) is 16.4 Å². The third kappa shape index (κ3) is 3.59. The number of hydrogen-bond acceptors (Lipinski definition) is 4. The Morgan fingerprint density at radius 2 is 2.04 bits per heavy atom. The monoisotopic (exact) mass is 379 g/mol. The largest absolute Gasteiger partial charge is 0.279 e. The zero-order valence-electron chi connectivity index (χ0n) is 14.0. The lowest BCUT2D eigenvalue weighted by molar-refractivity contribution is 0.532. The number of anilines is 1. The van der Waals surface area contributed by atoms with Gasteiger partial charge < -0.3 is 0 Å². The van der Waals surface area contributed by atoms with Crippen LogP contribution in [0.4, 0.5) is 10.1 Å². The zero-order chi connectivity index (χ0) is 18.2. The maximum Gasteiger partial charge on any atom is 0.265 e. The number of hydrogen-bond donors (Lipinski definition) is 1. The van der Waals surface area contributed by atoms with Crippen LogP contribution in [0.25, 0.3) is 10.6 Å². The van der Waals surface area contributed by atoms with Gasteiger partial charge in [0.05, 0.1) is 10.6 Å². The molecule has 0 bridgehead atoms. The molecule has 8 heteroatoms. The van der Waals surface area contributed by atoms with E-state index in [2.05, 4.69) is 9.82 Å². The second-order valence-corrected chi connectivity index (χ2v) is 8.56. The molecule has 2 heterocycles. The van der Waals surface area contributed by atoms with Gasteiger partial charge in [-0.1, -0.05) is 12.1 Å². The van der Waals surface area contributed by atoms with Crippen LogP contribution < -0.4 is 4.72 Å². The second kappa shape index (κ2) is 6.61. The van der Waals surface area contributed by atoms with Gasteiger partial charge in [0.15, 0.2) is 0 Å². The zero-order valence-corrected chi connectivity index (χ0v) is 15.7. The van der Waals surface area contributed by atoms with Crippen molar-refractivity contribution in [2.45, 2.75) is 31.7 Å². The summed E-state index contributed by atoms with van der Waals surface area (Å²) < 4.78 is 43.5. The predicted octanol–water partition coefficient (Wildman–Crippen LogP) is 4.44. The van der Waals surface area contributed by atoms with Crippen molar-refractivity contribution in [1.29, 1.82) is 0 Å². The van der Waals surface area contributed by atoms with E-state index < -0.39 is 15.8 Å². The van der Waals surface area contributed by atoms with Crippen molar-refractivity contribution in [2.24, 2.45) is 0 Å². The fourth-order valence-corrected chi connectivity index (χ4v) is 4.27. The molecule has 0 atom stereocenters. The Balaban J connectivity index is 2.05. The minimum Gasteiger partial charge on any atom is -0.279 e. The molecule has 0 saturated carbocycles. The number of benzene rings is 1. The van der Waals surface area contributed by atoms with Crippen molar-refractivity contribution in [3.8, 4) is 10.6 Å². The summed E-state index contributed by atoms with van der Waals surface area (Å²) in [6.07, 6.45) is 1.51. The van der Waals surface area contributed by atoms with E-state index in [9.17, 15) is 12.8 Å². The Morgan fingerprint density at radius 3 is 2.64 bits per heavy atom. The molecule has 1 aromatic carbocycles. The summed E-state index contributed by atoms with van der Waals surface area (Å²) in [6, 6.07) is 7.92. The lowest BCUT2D eigenvalue weighted by Crippen LogP contribution is -2.13. The first-order chi connectivity index (χ1) is 11.8. The normalized spacial score (nSPS) is 11.9. The number of nitrogens with one attached hydrogen (secondary N) is 1. The summed E-state index contributed by atoms with van der Waals surface area (Å²) in [4.78, 5) is 0.833. The van der Waals surface area contributed by atoms with Gasteiger partial charge in [-0.25, -0.2) is 12.8 Å². The predicted molar refractivity (Wildman–Crippen MR) is 97.9 cm³/mol. The Bertz CT molecular complexity index is 993. The van der Waals surface area contributed by atoms with Gasteiger partial charge in [-0.3, -0.25) is 9.40 Å². The molecule has 0 fully saturated rings. The highest BCUT2D eigenvalue weighted by atomic mass is 32.2. The van der Waals surface area contributed by atoms with Crippen molar-refractivity contribution >= 4 is 27.0 Å². The van der Waals surface area contributed by atoms with Gasteiger partial charge in [-0.05, 0) is 49.9 Å². The molecule has 1 N–H and O–H groups in total. The number of halogens is 1. The van der Waals surface area contributed by atoms with Gasteiger partial charge in [0.2, 0.25) is 0 Å². The molecule has 3 aromatic rings. The molecule has 25 heavy (non-hydrogen) atoms. The molecule has 0 aliphatic heterocycles. The SMILES string of the molecule is Cc1ccc(NS(=O)(=O)c2cn(C(C)C)nc2-c2cccs2)cc1F. The van der Waals surface area contributed by atoms with Gasteiger partial charge in [-0.2, -0.15) is 5.10 Å². The molecule has 132 valence electrons. The summed E-state index contributed by atoms with van der Waals surface area (Å²) in [7, 11) is -3.91. The number of rotatable bonds is 5. The first-order valence-corrected chi connectivity index (χ1v) is 10.1. The number of nitrogens with zero attached hydrogens (tertiary/aromatic N) is 2. The molecule has 0 spiro atoms. The summed E-state index contributed by atoms with van der Waals surface area (Å²) in [5.41, 5.74) is 1.02. The average molecular weight is 379 g/mol. The van der Waals surface area contributed by atoms with Crippen LogP contribution in [0.1, 0.15) is 25.5 Å². The fourth-order valence-electron chi connectivity index (χ4n) is 2.29. The molecule has 0 aliphatic rings. The average Bonchev–Trinajstić information content (AvgIpc) is 3.19. The molecular weight excluding hydrogens is 361 g/mol. The van der Waals surface area contributed by atoms with E-state index in [1.807, 2.05) is 31.4 Å². The molecule has 0 unspecified atom stereocenters. The highest BCUT2D eigenvalue weighted by Gasteiger charge is 2.25. The van der Waals surface area contributed by atoms with E-state index in [1.54, 1.807) is 11.6 Å². The van der Waals surface area contributed by atoms with E-state index in [-0.39, 0.29) is 16.6 Å². The topological polar surface area (TPSA) is 64.0 Å². The molecule has 5 nitrogen and oxygen atoms in total. The molecular formula is C17H18FN3O2S2. The van der Waals surface area contributed by atoms with E-state index in [4.69, 9.17) is 0 Å². The van der Waals surface area contributed by atoms with Crippen LogP contribution in [-0.2, 0) is 10.0 Å². The van der Waals surface area contributed by atoms with Crippen LogP contribution >= 0.6 is 11.3 Å². The van der Waals surface area contributed by atoms with Crippen LogP contribution in [0.3, 0.4) is 0 Å². The van der Waals surface area contributed by atoms with Crippen LogP contribution in [0, 0.1) is 12.7 Å². The number of aryl methyl sites for hydroxylation is 1. The van der Waals surface area contributed by atoms with E-state index in [0.717, 1.165) is 4.88 Å². The third-order valence-electron chi connectivity index (χ3n) is 3.70. The van der Waals surface area contributed by atoms with Crippen LogP contribution in [0.5, 0.6) is 0 Å². The highest BCUT2D eigenvalue weighted by molar-refractivity contribution is 7.92. The Labute approximate surface area is 150 Å². The van der Waals surface area contributed by atoms with Gasteiger partial charge >= 0.3 is 0 Å². The molecule has 0 saturated heterocycles. The summed E-state index contributed by atoms with van der Waals surface area (Å²) >= 11 is 1.41. The summed E-state index contributed by atoms with van der Waals surface area (Å²) in [5, 5.41) is 6.29. The second-order valence-electron chi connectivity index (χ2n) is 5.96. The molecule has 0 radical (unpaired) electrons. The smallest absolute Gasteiger partial charge is 0.265 e. The maximum absolute atomic E-state index is 13.7. The van der Waals surface area contributed by atoms with Crippen molar-refractivity contribution < 1.29 is 12.8 Å². The van der Waals surface area contributed by atoms with E-state index >= 15 is 0 Å².